The molecule has 0 aliphatic rings. The van der Waals surface area contributed by atoms with Crippen LogP contribution in [0.15, 0.2) is 12.2 Å². The fourth-order valence-electron chi connectivity index (χ4n) is 6.73. The average molecular weight is 749 g/mol. The van der Waals surface area contributed by atoms with Gasteiger partial charge in [0, 0.05) is 19.3 Å². The lowest BCUT2D eigenvalue weighted by Gasteiger charge is -2.18. The molecule has 0 unspecified atom stereocenters. The maximum atomic E-state index is 12.7. The minimum atomic E-state index is -0.765. The fourth-order valence-corrected chi connectivity index (χ4v) is 6.73. The number of unbranched alkanes of at least 4 members (excludes halogenated alkanes) is 29. The SMILES string of the molecule is CCCCC/C=C\CCCCCCCC(=O)O[C@H](COC(=O)CCCCCCCCCCC)COC(=O)CCCCCCCCCCCCCCCC. The van der Waals surface area contributed by atoms with Crippen molar-refractivity contribution < 1.29 is 28.6 Å². The van der Waals surface area contributed by atoms with Crippen LogP contribution in [0.25, 0.3) is 0 Å². The molecule has 0 spiro atoms. The molecular weight excluding hydrogens is 661 g/mol. The lowest BCUT2D eigenvalue weighted by molar-refractivity contribution is -0.167. The molecule has 6 heteroatoms. The van der Waals surface area contributed by atoms with Gasteiger partial charge in [-0.1, -0.05) is 200 Å². The van der Waals surface area contributed by atoms with Crippen LogP contribution in [0, 0.1) is 0 Å². The maximum Gasteiger partial charge on any atom is 0.306 e. The van der Waals surface area contributed by atoms with Crippen molar-refractivity contribution in [2.24, 2.45) is 0 Å². The van der Waals surface area contributed by atoms with Crippen molar-refractivity contribution in [2.45, 2.75) is 258 Å². The van der Waals surface area contributed by atoms with Crippen LogP contribution in [-0.4, -0.2) is 37.2 Å². The standard InChI is InChI=1S/C47H88O6/c1-4-7-10-13-16-19-21-23-24-26-28-31-34-37-40-46(49)52-43-44(42-51-45(48)39-36-33-30-27-18-15-12-9-6-3)53-47(50)41-38-35-32-29-25-22-20-17-14-11-8-5-2/h17,20,44H,4-16,18-19,21-43H2,1-3H3/b20-17-/t44-/m1/s1. The van der Waals surface area contributed by atoms with E-state index in [0.717, 1.165) is 64.2 Å². The van der Waals surface area contributed by atoms with Gasteiger partial charge in [0.25, 0.3) is 0 Å². The Kier molecular flexibility index (Phi) is 41.4. The number of carbonyl (C=O) groups is 3. The lowest BCUT2D eigenvalue weighted by Crippen LogP contribution is -2.30. The van der Waals surface area contributed by atoms with Gasteiger partial charge in [-0.05, 0) is 44.9 Å². The summed E-state index contributed by atoms with van der Waals surface area (Å²) in [6.07, 6.45) is 44.8. The van der Waals surface area contributed by atoms with Crippen molar-refractivity contribution in [3.63, 3.8) is 0 Å². The monoisotopic (exact) mass is 749 g/mol. The van der Waals surface area contributed by atoms with Gasteiger partial charge in [-0.2, -0.15) is 0 Å². The summed E-state index contributed by atoms with van der Waals surface area (Å²) < 4.78 is 16.7. The molecule has 6 nitrogen and oxygen atoms in total. The summed E-state index contributed by atoms with van der Waals surface area (Å²) in [5, 5.41) is 0. The van der Waals surface area contributed by atoms with Crippen molar-refractivity contribution in [2.75, 3.05) is 13.2 Å². The smallest absolute Gasteiger partial charge is 0.306 e. The van der Waals surface area contributed by atoms with Crippen LogP contribution in [0.1, 0.15) is 252 Å². The zero-order valence-electron chi connectivity index (χ0n) is 35.6. The van der Waals surface area contributed by atoms with E-state index in [2.05, 4.69) is 32.9 Å². The van der Waals surface area contributed by atoms with Gasteiger partial charge < -0.3 is 14.2 Å². The molecule has 53 heavy (non-hydrogen) atoms. The number of allylic oxidation sites excluding steroid dienone is 2. The zero-order chi connectivity index (χ0) is 38.7. The maximum absolute atomic E-state index is 12.7. The first kappa shape index (κ1) is 51.1. The van der Waals surface area contributed by atoms with E-state index in [0.29, 0.717) is 19.3 Å². The molecule has 0 radical (unpaired) electrons. The third-order valence-electron chi connectivity index (χ3n) is 10.3. The number of hydrogen-bond acceptors (Lipinski definition) is 6. The molecular formula is C47H88O6. The molecule has 0 aliphatic carbocycles. The van der Waals surface area contributed by atoms with Crippen molar-refractivity contribution in [1.29, 1.82) is 0 Å². The molecule has 0 saturated carbocycles. The van der Waals surface area contributed by atoms with Crippen LogP contribution in [0.2, 0.25) is 0 Å². The molecule has 0 saturated heterocycles. The second-order valence-electron chi connectivity index (χ2n) is 15.7. The summed E-state index contributed by atoms with van der Waals surface area (Å²) in [5.41, 5.74) is 0. The third-order valence-corrected chi connectivity index (χ3v) is 10.3. The van der Waals surface area contributed by atoms with E-state index >= 15 is 0 Å². The number of carbonyl (C=O) groups excluding carboxylic acids is 3. The van der Waals surface area contributed by atoms with Crippen LogP contribution in [0.4, 0.5) is 0 Å². The molecule has 0 aliphatic heterocycles. The Balaban J connectivity index is 4.32. The van der Waals surface area contributed by atoms with E-state index in [-0.39, 0.29) is 31.1 Å². The van der Waals surface area contributed by atoms with Crippen molar-refractivity contribution in [3.05, 3.63) is 12.2 Å². The van der Waals surface area contributed by atoms with Crippen LogP contribution in [0.3, 0.4) is 0 Å². The van der Waals surface area contributed by atoms with Crippen LogP contribution >= 0.6 is 0 Å². The first-order chi connectivity index (χ1) is 26.0. The lowest BCUT2D eigenvalue weighted by atomic mass is 10.0. The second-order valence-corrected chi connectivity index (χ2v) is 15.7. The quantitative estimate of drug-likeness (QED) is 0.0268. The molecule has 0 aromatic heterocycles. The van der Waals surface area contributed by atoms with Crippen LogP contribution in [-0.2, 0) is 28.6 Å². The zero-order valence-corrected chi connectivity index (χ0v) is 35.6. The Morgan fingerprint density at radius 3 is 0.981 bits per heavy atom. The van der Waals surface area contributed by atoms with E-state index in [1.165, 1.54) is 148 Å². The highest BCUT2D eigenvalue weighted by atomic mass is 16.6. The largest absolute Gasteiger partial charge is 0.462 e. The average Bonchev–Trinajstić information content (AvgIpc) is 3.15. The van der Waals surface area contributed by atoms with Gasteiger partial charge in [-0.15, -0.1) is 0 Å². The number of hydrogen-bond donors (Lipinski definition) is 0. The van der Waals surface area contributed by atoms with E-state index in [4.69, 9.17) is 14.2 Å². The van der Waals surface area contributed by atoms with Gasteiger partial charge in [0.1, 0.15) is 13.2 Å². The third kappa shape index (κ3) is 41.2. The van der Waals surface area contributed by atoms with E-state index in [1.807, 2.05) is 0 Å². The Morgan fingerprint density at radius 2 is 0.623 bits per heavy atom. The molecule has 0 rings (SSSR count). The van der Waals surface area contributed by atoms with Gasteiger partial charge >= 0.3 is 17.9 Å². The first-order valence-electron chi connectivity index (χ1n) is 23.2. The summed E-state index contributed by atoms with van der Waals surface area (Å²) in [4.78, 5) is 37.7. The van der Waals surface area contributed by atoms with Crippen molar-refractivity contribution >= 4 is 17.9 Å². The Hall–Kier alpha value is -1.85. The molecule has 0 N–H and O–H groups in total. The predicted octanol–water partition coefficient (Wildman–Crippen LogP) is 14.6. The summed E-state index contributed by atoms with van der Waals surface area (Å²) in [5.74, 6) is -0.872. The molecule has 312 valence electrons. The van der Waals surface area contributed by atoms with Gasteiger partial charge in [0.15, 0.2) is 6.10 Å². The molecule has 0 aromatic carbocycles. The van der Waals surface area contributed by atoms with Gasteiger partial charge in [-0.3, -0.25) is 14.4 Å². The summed E-state index contributed by atoms with van der Waals surface area (Å²) >= 11 is 0. The molecule has 0 fully saturated rings. The van der Waals surface area contributed by atoms with Crippen LogP contribution in [0.5, 0.6) is 0 Å². The Morgan fingerprint density at radius 1 is 0.358 bits per heavy atom. The van der Waals surface area contributed by atoms with E-state index < -0.39 is 6.10 Å². The Labute approximate surface area is 329 Å². The van der Waals surface area contributed by atoms with Gasteiger partial charge in [0.2, 0.25) is 0 Å². The second kappa shape index (κ2) is 42.9. The number of rotatable bonds is 42. The summed E-state index contributed by atoms with van der Waals surface area (Å²) in [6.45, 7) is 6.60. The highest BCUT2D eigenvalue weighted by Gasteiger charge is 2.19. The van der Waals surface area contributed by atoms with E-state index in [9.17, 15) is 14.4 Å². The summed E-state index contributed by atoms with van der Waals surface area (Å²) in [7, 11) is 0. The molecule has 0 bridgehead atoms. The molecule has 1 atom stereocenters. The van der Waals surface area contributed by atoms with Crippen molar-refractivity contribution in [1.82, 2.24) is 0 Å². The highest BCUT2D eigenvalue weighted by Crippen LogP contribution is 2.15. The van der Waals surface area contributed by atoms with Gasteiger partial charge in [-0.25, -0.2) is 0 Å². The minimum absolute atomic E-state index is 0.0690. The number of esters is 3. The topological polar surface area (TPSA) is 78.9 Å². The van der Waals surface area contributed by atoms with Crippen molar-refractivity contribution in [3.8, 4) is 0 Å². The summed E-state index contributed by atoms with van der Waals surface area (Å²) in [6, 6.07) is 0. The minimum Gasteiger partial charge on any atom is -0.462 e. The number of ether oxygens (including phenoxy) is 3. The highest BCUT2D eigenvalue weighted by molar-refractivity contribution is 5.71. The first-order valence-corrected chi connectivity index (χ1v) is 23.2. The molecule has 0 amide bonds. The Bertz CT molecular complexity index is 824. The van der Waals surface area contributed by atoms with E-state index in [1.54, 1.807) is 0 Å². The van der Waals surface area contributed by atoms with Gasteiger partial charge in [0.05, 0.1) is 0 Å². The predicted molar refractivity (Wildman–Crippen MR) is 224 cm³/mol. The molecule has 0 aromatic rings. The fraction of sp³-hybridized carbons (Fsp3) is 0.894. The molecule has 0 heterocycles. The normalized spacial score (nSPS) is 12.0. The van der Waals surface area contributed by atoms with Crippen LogP contribution < -0.4 is 0 Å².